The van der Waals surface area contributed by atoms with Gasteiger partial charge in [0.2, 0.25) is 0 Å². The van der Waals surface area contributed by atoms with E-state index in [1.54, 1.807) is 24.3 Å². The van der Waals surface area contributed by atoms with Crippen LogP contribution in [0.4, 0.5) is 14.5 Å². The van der Waals surface area contributed by atoms with Crippen LogP contribution in [0.1, 0.15) is 25.5 Å². The first-order valence-corrected chi connectivity index (χ1v) is 6.04. The predicted molar refractivity (Wildman–Crippen MR) is 69.0 cm³/mol. The van der Waals surface area contributed by atoms with Gasteiger partial charge in [-0.3, -0.25) is 4.98 Å². The molecule has 1 aromatic rings. The highest BCUT2D eigenvalue weighted by atomic mass is 19.1. The number of ether oxygens (including phenoxy) is 1. The third-order valence-corrected chi connectivity index (χ3v) is 2.71. The normalized spacial score (nSPS) is 10.8. The molecule has 1 aromatic heterocycles. The van der Waals surface area contributed by atoms with E-state index < -0.39 is 13.3 Å². The SMILES string of the molecule is COc1cc(N(CCF)CCF)cnc1C(C)C. The van der Waals surface area contributed by atoms with E-state index in [4.69, 9.17) is 4.74 Å². The summed E-state index contributed by atoms with van der Waals surface area (Å²) < 4.78 is 30.1. The standard InChI is InChI=1S/C13H20F2N2O/c1-10(2)13-12(18-3)8-11(9-16-13)17(6-4-14)7-5-15/h8-10H,4-7H2,1-3H3. The van der Waals surface area contributed by atoms with Crippen LogP contribution in [0.2, 0.25) is 0 Å². The fraction of sp³-hybridized carbons (Fsp3) is 0.615. The molecule has 0 amide bonds. The number of rotatable bonds is 7. The zero-order chi connectivity index (χ0) is 13.5. The minimum Gasteiger partial charge on any atom is -0.495 e. The molecule has 0 unspecified atom stereocenters. The largest absolute Gasteiger partial charge is 0.495 e. The highest BCUT2D eigenvalue weighted by molar-refractivity contribution is 5.51. The van der Waals surface area contributed by atoms with Crippen molar-refractivity contribution in [2.75, 3.05) is 38.4 Å². The molecule has 0 aliphatic heterocycles. The van der Waals surface area contributed by atoms with E-state index in [0.29, 0.717) is 11.4 Å². The molecule has 102 valence electrons. The summed E-state index contributed by atoms with van der Waals surface area (Å²) in [4.78, 5) is 5.95. The van der Waals surface area contributed by atoms with Crippen molar-refractivity contribution in [2.45, 2.75) is 19.8 Å². The number of aromatic nitrogens is 1. The first kappa shape index (κ1) is 14.7. The summed E-state index contributed by atoms with van der Waals surface area (Å²) in [5, 5.41) is 0. The number of nitrogens with zero attached hydrogens (tertiary/aromatic N) is 2. The van der Waals surface area contributed by atoms with Gasteiger partial charge in [0.25, 0.3) is 0 Å². The minimum absolute atomic E-state index is 0.162. The molecule has 0 bridgehead atoms. The van der Waals surface area contributed by atoms with Crippen LogP contribution >= 0.6 is 0 Å². The van der Waals surface area contributed by atoms with Crippen LogP contribution < -0.4 is 9.64 Å². The molecule has 0 spiro atoms. The summed E-state index contributed by atoms with van der Waals surface area (Å²) in [7, 11) is 1.57. The summed E-state index contributed by atoms with van der Waals surface area (Å²) >= 11 is 0. The van der Waals surface area contributed by atoms with Crippen molar-refractivity contribution in [3.05, 3.63) is 18.0 Å². The minimum atomic E-state index is -0.520. The van der Waals surface area contributed by atoms with Gasteiger partial charge in [-0.25, -0.2) is 8.78 Å². The van der Waals surface area contributed by atoms with Gasteiger partial charge in [0.15, 0.2) is 0 Å². The van der Waals surface area contributed by atoms with Gasteiger partial charge >= 0.3 is 0 Å². The second kappa shape index (κ2) is 7.13. The number of hydrogen-bond donors (Lipinski definition) is 0. The van der Waals surface area contributed by atoms with Gasteiger partial charge in [-0.2, -0.15) is 0 Å². The molecular formula is C13H20F2N2O. The zero-order valence-electron chi connectivity index (χ0n) is 11.1. The third kappa shape index (κ3) is 3.55. The molecular weight excluding hydrogens is 238 g/mol. The van der Waals surface area contributed by atoms with Crippen LogP contribution in [-0.2, 0) is 0 Å². The summed E-state index contributed by atoms with van der Waals surface area (Å²) in [6.45, 7) is 3.32. The van der Waals surface area contributed by atoms with Crippen LogP contribution in [0.5, 0.6) is 5.75 Å². The van der Waals surface area contributed by atoms with E-state index in [2.05, 4.69) is 4.98 Å². The van der Waals surface area contributed by atoms with Gasteiger partial charge in [-0.15, -0.1) is 0 Å². The Kier molecular flexibility index (Phi) is 5.82. The average Bonchev–Trinajstić information content (AvgIpc) is 2.37. The molecule has 3 nitrogen and oxygen atoms in total. The summed E-state index contributed by atoms with van der Waals surface area (Å²) in [5.41, 5.74) is 1.54. The molecule has 0 N–H and O–H groups in total. The molecule has 0 aromatic carbocycles. The molecule has 0 atom stereocenters. The third-order valence-electron chi connectivity index (χ3n) is 2.71. The van der Waals surface area contributed by atoms with Gasteiger partial charge < -0.3 is 9.64 Å². The smallest absolute Gasteiger partial charge is 0.142 e. The second-order valence-electron chi connectivity index (χ2n) is 4.30. The van der Waals surface area contributed by atoms with Crippen molar-refractivity contribution in [3.63, 3.8) is 0 Å². The summed E-state index contributed by atoms with van der Waals surface area (Å²) in [6.07, 6.45) is 1.64. The van der Waals surface area contributed by atoms with E-state index in [-0.39, 0.29) is 19.0 Å². The fourth-order valence-electron chi connectivity index (χ4n) is 1.79. The van der Waals surface area contributed by atoms with Crippen molar-refractivity contribution in [1.29, 1.82) is 0 Å². The van der Waals surface area contributed by atoms with Gasteiger partial charge in [-0.1, -0.05) is 13.8 Å². The van der Waals surface area contributed by atoms with Crippen molar-refractivity contribution in [2.24, 2.45) is 0 Å². The summed E-state index contributed by atoms with van der Waals surface area (Å²) in [6, 6.07) is 1.79. The van der Waals surface area contributed by atoms with Crippen molar-refractivity contribution < 1.29 is 13.5 Å². The Labute approximate surface area is 107 Å². The molecule has 1 heterocycles. The molecule has 18 heavy (non-hydrogen) atoms. The van der Waals surface area contributed by atoms with Crippen molar-refractivity contribution in [1.82, 2.24) is 4.98 Å². The average molecular weight is 258 g/mol. The highest BCUT2D eigenvalue weighted by Gasteiger charge is 2.13. The van der Waals surface area contributed by atoms with Gasteiger partial charge in [-0.05, 0) is 5.92 Å². The second-order valence-corrected chi connectivity index (χ2v) is 4.30. The van der Waals surface area contributed by atoms with Crippen molar-refractivity contribution in [3.8, 4) is 5.75 Å². The van der Waals surface area contributed by atoms with Crippen LogP contribution in [-0.4, -0.2) is 38.5 Å². The lowest BCUT2D eigenvalue weighted by molar-refractivity contribution is 0.403. The van der Waals surface area contributed by atoms with E-state index >= 15 is 0 Å². The number of halogens is 2. The number of hydrogen-bond acceptors (Lipinski definition) is 3. The lowest BCUT2D eigenvalue weighted by Crippen LogP contribution is -2.28. The lowest BCUT2D eigenvalue weighted by atomic mass is 10.1. The molecule has 0 fully saturated rings. The maximum absolute atomic E-state index is 12.4. The Bertz CT molecular complexity index is 366. The number of alkyl halides is 2. The quantitative estimate of drug-likeness (QED) is 0.752. The number of pyridine rings is 1. The van der Waals surface area contributed by atoms with E-state index in [0.717, 1.165) is 5.69 Å². The fourth-order valence-corrected chi connectivity index (χ4v) is 1.79. The molecule has 0 radical (unpaired) electrons. The van der Waals surface area contributed by atoms with Crippen LogP contribution in [0.15, 0.2) is 12.3 Å². The van der Waals surface area contributed by atoms with Gasteiger partial charge in [0, 0.05) is 19.2 Å². The van der Waals surface area contributed by atoms with Crippen LogP contribution in [0.3, 0.4) is 0 Å². The highest BCUT2D eigenvalue weighted by Crippen LogP contribution is 2.28. The summed E-state index contributed by atoms with van der Waals surface area (Å²) in [5.74, 6) is 0.898. The molecule has 0 saturated carbocycles. The van der Waals surface area contributed by atoms with Gasteiger partial charge in [0.1, 0.15) is 19.1 Å². The molecule has 0 saturated heterocycles. The molecule has 5 heteroatoms. The molecule has 0 aliphatic rings. The molecule has 0 aliphatic carbocycles. The predicted octanol–water partition coefficient (Wildman–Crippen LogP) is 2.96. The topological polar surface area (TPSA) is 25.4 Å². The van der Waals surface area contributed by atoms with Crippen molar-refractivity contribution >= 4 is 5.69 Å². The van der Waals surface area contributed by atoms with E-state index in [1.165, 1.54) is 0 Å². The Morgan fingerprint density at radius 3 is 2.33 bits per heavy atom. The Morgan fingerprint density at radius 1 is 1.28 bits per heavy atom. The molecule has 1 rings (SSSR count). The van der Waals surface area contributed by atoms with E-state index in [9.17, 15) is 8.78 Å². The van der Waals surface area contributed by atoms with Gasteiger partial charge in [0.05, 0.1) is 24.7 Å². The maximum atomic E-state index is 12.4. The van der Waals surface area contributed by atoms with Crippen LogP contribution in [0, 0.1) is 0 Å². The lowest BCUT2D eigenvalue weighted by Gasteiger charge is -2.23. The first-order valence-electron chi connectivity index (χ1n) is 6.04. The van der Waals surface area contributed by atoms with Crippen LogP contribution in [0.25, 0.3) is 0 Å². The zero-order valence-corrected chi connectivity index (χ0v) is 11.1. The first-order chi connectivity index (χ1) is 8.63. The Hall–Kier alpha value is -1.39. The Balaban J connectivity index is 3.01. The monoisotopic (exact) mass is 258 g/mol. The van der Waals surface area contributed by atoms with E-state index in [1.807, 2.05) is 13.8 Å². The number of methoxy groups -OCH3 is 1. The number of anilines is 1. The Morgan fingerprint density at radius 2 is 1.89 bits per heavy atom. The maximum Gasteiger partial charge on any atom is 0.142 e.